The third kappa shape index (κ3) is 3.69. The maximum absolute atomic E-state index is 8.36. The molecule has 0 fully saturated rings. The SMILES string of the molecule is O=CO.c1cc(Nc2nccs2)cc(-c2ccco2)c1. The third-order valence-corrected chi connectivity index (χ3v) is 3.04. The van der Waals surface area contributed by atoms with Gasteiger partial charge in [0.1, 0.15) is 5.76 Å². The highest BCUT2D eigenvalue weighted by Crippen LogP contribution is 2.25. The number of carbonyl (C=O) groups is 1. The van der Waals surface area contributed by atoms with Crippen molar-refractivity contribution in [2.24, 2.45) is 0 Å². The number of hydrogen-bond acceptors (Lipinski definition) is 5. The van der Waals surface area contributed by atoms with Gasteiger partial charge in [0.2, 0.25) is 0 Å². The zero-order valence-corrected chi connectivity index (χ0v) is 11.2. The zero-order valence-electron chi connectivity index (χ0n) is 10.4. The molecule has 0 aliphatic rings. The highest BCUT2D eigenvalue weighted by molar-refractivity contribution is 7.13. The van der Waals surface area contributed by atoms with Crippen molar-refractivity contribution in [2.75, 3.05) is 5.32 Å². The van der Waals surface area contributed by atoms with Gasteiger partial charge in [-0.2, -0.15) is 0 Å². The van der Waals surface area contributed by atoms with Crippen LogP contribution in [0.25, 0.3) is 11.3 Å². The number of nitrogens with one attached hydrogen (secondary N) is 1. The standard InChI is InChI=1S/C13H10N2OS.CH2O2/c1-3-10(12-5-2-7-16-12)9-11(4-1)15-13-14-6-8-17-13;2-1-3/h1-9H,(H,14,15);1H,(H,2,3). The molecule has 102 valence electrons. The average Bonchev–Trinajstić information content (AvgIpc) is 3.13. The second kappa shape index (κ2) is 7.10. The lowest BCUT2D eigenvalue weighted by Crippen LogP contribution is -1.88. The van der Waals surface area contributed by atoms with E-state index in [0.717, 1.165) is 22.1 Å². The van der Waals surface area contributed by atoms with Crippen LogP contribution in [0, 0.1) is 0 Å². The molecule has 2 N–H and O–H groups in total. The van der Waals surface area contributed by atoms with Gasteiger partial charge >= 0.3 is 0 Å². The van der Waals surface area contributed by atoms with Crippen molar-refractivity contribution in [3.8, 4) is 11.3 Å². The lowest BCUT2D eigenvalue weighted by Gasteiger charge is -2.04. The molecule has 5 nitrogen and oxygen atoms in total. The van der Waals surface area contributed by atoms with E-state index in [1.165, 1.54) is 0 Å². The van der Waals surface area contributed by atoms with E-state index >= 15 is 0 Å². The molecular formula is C14H12N2O3S. The van der Waals surface area contributed by atoms with Gasteiger partial charge in [0.05, 0.1) is 6.26 Å². The van der Waals surface area contributed by atoms with Crippen LogP contribution in [-0.2, 0) is 4.79 Å². The van der Waals surface area contributed by atoms with Crippen molar-refractivity contribution < 1.29 is 14.3 Å². The molecule has 0 aliphatic carbocycles. The Morgan fingerprint density at radius 1 is 1.30 bits per heavy atom. The van der Waals surface area contributed by atoms with E-state index in [9.17, 15) is 0 Å². The Bertz CT molecular complexity index is 636. The van der Waals surface area contributed by atoms with Crippen LogP contribution in [-0.4, -0.2) is 16.6 Å². The first kappa shape index (κ1) is 13.8. The van der Waals surface area contributed by atoms with Crippen molar-refractivity contribution in [1.82, 2.24) is 4.98 Å². The highest BCUT2D eigenvalue weighted by atomic mass is 32.1. The predicted octanol–water partition coefficient (Wildman–Crippen LogP) is 3.85. The van der Waals surface area contributed by atoms with Gasteiger partial charge in [-0.15, -0.1) is 11.3 Å². The number of aromatic nitrogens is 1. The molecule has 0 saturated heterocycles. The van der Waals surface area contributed by atoms with Crippen LogP contribution in [0.3, 0.4) is 0 Å². The summed E-state index contributed by atoms with van der Waals surface area (Å²) in [7, 11) is 0. The smallest absolute Gasteiger partial charge is 0.290 e. The number of thiazole rings is 1. The van der Waals surface area contributed by atoms with Gasteiger partial charge in [-0.3, -0.25) is 4.79 Å². The molecule has 0 atom stereocenters. The Labute approximate surface area is 119 Å². The molecule has 3 aromatic rings. The number of anilines is 2. The maximum atomic E-state index is 8.36. The predicted molar refractivity (Wildman–Crippen MR) is 78.2 cm³/mol. The normalized spacial score (nSPS) is 9.40. The molecule has 6 heteroatoms. The number of furan rings is 1. The van der Waals surface area contributed by atoms with Crippen LogP contribution >= 0.6 is 11.3 Å². The molecule has 0 spiro atoms. The molecule has 2 heterocycles. The van der Waals surface area contributed by atoms with Crippen molar-refractivity contribution in [1.29, 1.82) is 0 Å². The molecule has 0 aliphatic heterocycles. The summed E-state index contributed by atoms with van der Waals surface area (Å²) < 4.78 is 5.37. The second-order valence-electron chi connectivity index (χ2n) is 3.63. The van der Waals surface area contributed by atoms with Crippen molar-refractivity contribution >= 4 is 28.6 Å². The minimum absolute atomic E-state index is 0.250. The number of nitrogens with zero attached hydrogens (tertiary/aromatic N) is 1. The number of rotatable bonds is 3. The fraction of sp³-hybridized carbons (Fsp3) is 0. The highest BCUT2D eigenvalue weighted by Gasteiger charge is 2.02. The third-order valence-electron chi connectivity index (χ3n) is 2.35. The van der Waals surface area contributed by atoms with E-state index in [-0.39, 0.29) is 6.47 Å². The topological polar surface area (TPSA) is 75.4 Å². The Morgan fingerprint density at radius 2 is 2.15 bits per heavy atom. The summed E-state index contributed by atoms with van der Waals surface area (Å²) in [6, 6.07) is 11.9. The summed E-state index contributed by atoms with van der Waals surface area (Å²) in [5, 5.41) is 13.0. The van der Waals surface area contributed by atoms with Gasteiger partial charge in [0, 0.05) is 22.8 Å². The molecule has 0 amide bonds. The molecule has 1 aromatic carbocycles. The summed E-state index contributed by atoms with van der Waals surface area (Å²) >= 11 is 1.58. The molecule has 0 radical (unpaired) electrons. The molecular weight excluding hydrogens is 276 g/mol. The van der Waals surface area contributed by atoms with Gasteiger partial charge in [-0.25, -0.2) is 4.98 Å². The molecule has 0 bridgehead atoms. The van der Waals surface area contributed by atoms with Crippen LogP contribution in [0.1, 0.15) is 0 Å². The van der Waals surface area contributed by atoms with Crippen molar-refractivity contribution in [3.05, 3.63) is 54.2 Å². The van der Waals surface area contributed by atoms with Crippen LogP contribution < -0.4 is 5.32 Å². The van der Waals surface area contributed by atoms with Crippen LogP contribution in [0.4, 0.5) is 10.8 Å². The Balaban J connectivity index is 0.000000452. The first-order chi connectivity index (χ1) is 9.83. The summed E-state index contributed by atoms with van der Waals surface area (Å²) in [4.78, 5) is 12.5. The molecule has 0 unspecified atom stereocenters. The summed E-state index contributed by atoms with van der Waals surface area (Å²) in [5.74, 6) is 0.868. The van der Waals surface area contributed by atoms with Gasteiger partial charge < -0.3 is 14.8 Å². The van der Waals surface area contributed by atoms with Gasteiger partial charge in [0.25, 0.3) is 6.47 Å². The lowest BCUT2D eigenvalue weighted by atomic mass is 10.1. The Kier molecular flexibility index (Phi) is 4.91. The second-order valence-corrected chi connectivity index (χ2v) is 4.52. The number of hydrogen-bond donors (Lipinski definition) is 2. The van der Waals surface area contributed by atoms with E-state index in [1.807, 2.05) is 41.8 Å². The van der Waals surface area contributed by atoms with Gasteiger partial charge in [0.15, 0.2) is 5.13 Å². The Morgan fingerprint density at radius 3 is 2.80 bits per heavy atom. The summed E-state index contributed by atoms with van der Waals surface area (Å²) in [6.07, 6.45) is 3.46. The van der Waals surface area contributed by atoms with E-state index in [2.05, 4.69) is 10.3 Å². The van der Waals surface area contributed by atoms with E-state index in [4.69, 9.17) is 14.3 Å². The van der Waals surface area contributed by atoms with E-state index in [0.29, 0.717) is 0 Å². The minimum atomic E-state index is -0.250. The van der Waals surface area contributed by atoms with Gasteiger partial charge in [-0.05, 0) is 24.3 Å². The van der Waals surface area contributed by atoms with Crippen molar-refractivity contribution in [3.63, 3.8) is 0 Å². The van der Waals surface area contributed by atoms with Gasteiger partial charge in [-0.1, -0.05) is 12.1 Å². The fourth-order valence-corrected chi connectivity index (χ4v) is 2.15. The number of carboxylic acid groups (broad SMARTS) is 1. The van der Waals surface area contributed by atoms with Crippen LogP contribution in [0.5, 0.6) is 0 Å². The molecule has 2 aromatic heterocycles. The van der Waals surface area contributed by atoms with Crippen LogP contribution in [0.2, 0.25) is 0 Å². The first-order valence-corrected chi connectivity index (χ1v) is 6.60. The minimum Gasteiger partial charge on any atom is -0.483 e. The maximum Gasteiger partial charge on any atom is 0.290 e. The first-order valence-electron chi connectivity index (χ1n) is 5.72. The van der Waals surface area contributed by atoms with Crippen molar-refractivity contribution in [2.45, 2.75) is 0 Å². The average molecular weight is 288 g/mol. The Hall–Kier alpha value is -2.60. The summed E-state index contributed by atoms with van der Waals surface area (Å²) in [6.45, 7) is -0.250. The quantitative estimate of drug-likeness (QED) is 0.716. The zero-order chi connectivity index (χ0) is 14.2. The monoisotopic (exact) mass is 288 g/mol. The molecule has 20 heavy (non-hydrogen) atoms. The molecule has 3 rings (SSSR count). The summed E-state index contributed by atoms with van der Waals surface area (Å²) in [5.41, 5.74) is 2.06. The fourth-order valence-electron chi connectivity index (χ4n) is 1.60. The lowest BCUT2D eigenvalue weighted by molar-refractivity contribution is -0.122. The van der Waals surface area contributed by atoms with E-state index in [1.54, 1.807) is 23.8 Å². The molecule has 0 saturated carbocycles. The van der Waals surface area contributed by atoms with Crippen LogP contribution in [0.15, 0.2) is 58.7 Å². The van der Waals surface area contributed by atoms with E-state index < -0.39 is 0 Å². The largest absolute Gasteiger partial charge is 0.483 e. The number of benzene rings is 1.